The van der Waals surface area contributed by atoms with Crippen LogP contribution in [0.3, 0.4) is 0 Å². The van der Waals surface area contributed by atoms with E-state index < -0.39 is 0 Å². The van der Waals surface area contributed by atoms with Gasteiger partial charge in [0.15, 0.2) is 0 Å². The Morgan fingerprint density at radius 3 is 2.19 bits per heavy atom. The molecular formula is C20H25N3O3. The van der Waals surface area contributed by atoms with Crippen LogP contribution >= 0.6 is 0 Å². The smallest absolute Gasteiger partial charge is 0.251 e. The van der Waals surface area contributed by atoms with Gasteiger partial charge in [-0.15, -0.1) is 0 Å². The van der Waals surface area contributed by atoms with Crippen LogP contribution in [0.5, 0.6) is 5.75 Å². The minimum absolute atomic E-state index is 0.108. The van der Waals surface area contributed by atoms with E-state index in [1.807, 2.05) is 31.2 Å². The maximum atomic E-state index is 12.0. The number of benzene rings is 2. The molecule has 0 atom stereocenters. The molecule has 0 saturated carbocycles. The third kappa shape index (κ3) is 6.12. The fourth-order valence-electron chi connectivity index (χ4n) is 2.24. The summed E-state index contributed by atoms with van der Waals surface area (Å²) in [5.41, 5.74) is 2.08. The SMILES string of the molecule is CCCOc1ccc(NC(=O)CNc2ccc(C(=O)NCC)cc2)cc1. The lowest BCUT2D eigenvalue weighted by Gasteiger charge is -2.09. The molecule has 2 amide bonds. The first kappa shape index (κ1) is 19.3. The lowest BCUT2D eigenvalue weighted by Crippen LogP contribution is -2.23. The number of anilines is 2. The highest BCUT2D eigenvalue weighted by Crippen LogP contribution is 2.16. The quantitative estimate of drug-likeness (QED) is 0.645. The Hall–Kier alpha value is -3.02. The maximum Gasteiger partial charge on any atom is 0.251 e. The zero-order valence-corrected chi connectivity index (χ0v) is 15.2. The summed E-state index contributed by atoms with van der Waals surface area (Å²) in [7, 11) is 0. The molecule has 0 aromatic heterocycles. The minimum Gasteiger partial charge on any atom is -0.494 e. The summed E-state index contributed by atoms with van der Waals surface area (Å²) in [4.78, 5) is 23.7. The molecule has 2 rings (SSSR count). The number of amides is 2. The molecule has 0 fully saturated rings. The standard InChI is InChI=1S/C20H25N3O3/c1-3-13-26-18-11-9-17(10-12-18)23-19(24)14-22-16-7-5-15(6-8-16)20(25)21-4-2/h5-12,22H,3-4,13-14H2,1-2H3,(H,21,25)(H,23,24). The van der Waals surface area contributed by atoms with E-state index in [0.29, 0.717) is 24.4 Å². The molecule has 0 heterocycles. The van der Waals surface area contributed by atoms with Crippen LogP contribution in [-0.2, 0) is 4.79 Å². The van der Waals surface area contributed by atoms with E-state index in [2.05, 4.69) is 22.9 Å². The van der Waals surface area contributed by atoms with E-state index in [1.54, 1.807) is 24.3 Å². The summed E-state index contributed by atoms with van der Waals surface area (Å²) in [5, 5.41) is 8.60. The second-order valence-corrected chi connectivity index (χ2v) is 5.71. The van der Waals surface area contributed by atoms with Crippen molar-refractivity contribution in [1.29, 1.82) is 0 Å². The van der Waals surface area contributed by atoms with Crippen molar-refractivity contribution in [3.05, 3.63) is 54.1 Å². The predicted molar refractivity (Wildman–Crippen MR) is 104 cm³/mol. The highest BCUT2D eigenvalue weighted by molar-refractivity contribution is 5.95. The Morgan fingerprint density at radius 2 is 1.58 bits per heavy atom. The van der Waals surface area contributed by atoms with E-state index in [-0.39, 0.29) is 18.4 Å². The van der Waals surface area contributed by atoms with Crippen LogP contribution in [0.2, 0.25) is 0 Å². The molecular weight excluding hydrogens is 330 g/mol. The number of rotatable bonds is 9. The van der Waals surface area contributed by atoms with Gasteiger partial charge in [-0.1, -0.05) is 6.92 Å². The number of carbonyl (C=O) groups is 2. The van der Waals surface area contributed by atoms with Gasteiger partial charge in [-0.25, -0.2) is 0 Å². The second-order valence-electron chi connectivity index (χ2n) is 5.71. The summed E-state index contributed by atoms with van der Waals surface area (Å²) < 4.78 is 5.51. The Labute approximate surface area is 153 Å². The van der Waals surface area contributed by atoms with Crippen LogP contribution < -0.4 is 20.7 Å². The molecule has 2 aromatic carbocycles. The van der Waals surface area contributed by atoms with Crippen molar-refractivity contribution in [2.24, 2.45) is 0 Å². The zero-order chi connectivity index (χ0) is 18.8. The highest BCUT2D eigenvalue weighted by atomic mass is 16.5. The molecule has 6 nitrogen and oxygen atoms in total. The van der Waals surface area contributed by atoms with Gasteiger partial charge in [-0.05, 0) is 61.9 Å². The molecule has 0 aliphatic rings. The van der Waals surface area contributed by atoms with Crippen molar-refractivity contribution in [2.75, 3.05) is 30.3 Å². The third-order valence-electron chi connectivity index (χ3n) is 3.55. The van der Waals surface area contributed by atoms with Crippen molar-refractivity contribution in [3.8, 4) is 5.75 Å². The summed E-state index contributed by atoms with van der Waals surface area (Å²) >= 11 is 0. The van der Waals surface area contributed by atoms with Gasteiger partial charge in [0.2, 0.25) is 5.91 Å². The fourth-order valence-corrected chi connectivity index (χ4v) is 2.24. The molecule has 138 valence electrons. The highest BCUT2D eigenvalue weighted by Gasteiger charge is 2.05. The van der Waals surface area contributed by atoms with Gasteiger partial charge >= 0.3 is 0 Å². The minimum atomic E-state index is -0.153. The molecule has 6 heteroatoms. The molecule has 2 aromatic rings. The van der Waals surface area contributed by atoms with Gasteiger partial charge in [0.05, 0.1) is 13.2 Å². The fraction of sp³-hybridized carbons (Fsp3) is 0.300. The van der Waals surface area contributed by atoms with E-state index in [9.17, 15) is 9.59 Å². The molecule has 0 aliphatic heterocycles. The van der Waals surface area contributed by atoms with E-state index >= 15 is 0 Å². The van der Waals surface area contributed by atoms with E-state index in [1.165, 1.54) is 0 Å². The first-order valence-corrected chi connectivity index (χ1v) is 8.77. The van der Waals surface area contributed by atoms with Crippen LogP contribution in [0.4, 0.5) is 11.4 Å². The Bertz CT molecular complexity index is 712. The Balaban J connectivity index is 1.80. The Kier molecular flexibility index (Phi) is 7.49. The number of hydrogen-bond acceptors (Lipinski definition) is 4. The average molecular weight is 355 g/mol. The number of hydrogen-bond donors (Lipinski definition) is 3. The normalized spacial score (nSPS) is 10.1. The van der Waals surface area contributed by atoms with Crippen molar-refractivity contribution in [1.82, 2.24) is 5.32 Å². The lowest BCUT2D eigenvalue weighted by atomic mass is 10.2. The van der Waals surface area contributed by atoms with Crippen LogP contribution in [0.15, 0.2) is 48.5 Å². The van der Waals surface area contributed by atoms with Gasteiger partial charge in [0.1, 0.15) is 5.75 Å². The van der Waals surface area contributed by atoms with Gasteiger partial charge in [0.25, 0.3) is 5.91 Å². The molecule has 26 heavy (non-hydrogen) atoms. The van der Waals surface area contributed by atoms with Crippen LogP contribution in [0.25, 0.3) is 0 Å². The molecule has 3 N–H and O–H groups in total. The van der Waals surface area contributed by atoms with Crippen molar-refractivity contribution < 1.29 is 14.3 Å². The van der Waals surface area contributed by atoms with Crippen LogP contribution in [0, 0.1) is 0 Å². The average Bonchev–Trinajstić information content (AvgIpc) is 2.66. The molecule has 0 aliphatic carbocycles. The zero-order valence-electron chi connectivity index (χ0n) is 15.2. The molecule has 0 radical (unpaired) electrons. The lowest BCUT2D eigenvalue weighted by molar-refractivity contribution is -0.114. The predicted octanol–water partition coefficient (Wildman–Crippen LogP) is 3.28. The van der Waals surface area contributed by atoms with E-state index in [4.69, 9.17) is 4.74 Å². The number of ether oxygens (including phenoxy) is 1. The van der Waals surface area contributed by atoms with Crippen molar-refractivity contribution in [2.45, 2.75) is 20.3 Å². The summed E-state index contributed by atoms with van der Waals surface area (Å²) in [5.74, 6) is 0.526. The number of nitrogens with one attached hydrogen (secondary N) is 3. The monoisotopic (exact) mass is 355 g/mol. The van der Waals surface area contributed by atoms with Crippen molar-refractivity contribution in [3.63, 3.8) is 0 Å². The largest absolute Gasteiger partial charge is 0.494 e. The molecule has 0 bridgehead atoms. The molecule has 0 spiro atoms. The second kappa shape index (κ2) is 10.1. The van der Waals surface area contributed by atoms with Gasteiger partial charge < -0.3 is 20.7 Å². The van der Waals surface area contributed by atoms with Crippen LogP contribution in [0.1, 0.15) is 30.6 Å². The first-order chi connectivity index (χ1) is 12.6. The Morgan fingerprint density at radius 1 is 0.923 bits per heavy atom. The summed E-state index contributed by atoms with van der Waals surface area (Å²) in [6.07, 6.45) is 0.953. The maximum absolute atomic E-state index is 12.0. The number of carbonyl (C=O) groups excluding carboxylic acids is 2. The van der Waals surface area contributed by atoms with Crippen LogP contribution in [-0.4, -0.2) is 31.5 Å². The third-order valence-corrected chi connectivity index (χ3v) is 3.55. The van der Waals surface area contributed by atoms with Gasteiger partial charge in [0, 0.05) is 23.5 Å². The molecule has 0 saturated heterocycles. The molecule has 0 unspecified atom stereocenters. The summed E-state index contributed by atoms with van der Waals surface area (Å²) in [6.45, 7) is 5.32. The van der Waals surface area contributed by atoms with Gasteiger partial charge in [-0.2, -0.15) is 0 Å². The first-order valence-electron chi connectivity index (χ1n) is 8.77. The van der Waals surface area contributed by atoms with E-state index in [0.717, 1.165) is 17.9 Å². The topological polar surface area (TPSA) is 79.5 Å². The summed E-state index contributed by atoms with van der Waals surface area (Å²) in [6, 6.07) is 14.3. The van der Waals surface area contributed by atoms with Gasteiger partial charge in [-0.3, -0.25) is 9.59 Å². The van der Waals surface area contributed by atoms with Crippen molar-refractivity contribution >= 4 is 23.2 Å².